The summed E-state index contributed by atoms with van der Waals surface area (Å²) in [5.74, 6) is -0.483. The number of nitrogens with zero attached hydrogens (tertiary/aromatic N) is 3. The van der Waals surface area contributed by atoms with E-state index in [-0.39, 0.29) is 29.1 Å². The van der Waals surface area contributed by atoms with Crippen molar-refractivity contribution in [2.75, 3.05) is 13.1 Å². The third kappa shape index (κ3) is 4.72. The lowest BCUT2D eigenvalue weighted by Crippen LogP contribution is -2.36. The molecule has 2 aromatic rings. The van der Waals surface area contributed by atoms with Gasteiger partial charge in [-0.15, -0.1) is 0 Å². The third-order valence-electron chi connectivity index (χ3n) is 4.40. The summed E-state index contributed by atoms with van der Waals surface area (Å²) < 4.78 is 0. The van der Waals surface area contributed by atoms with Crippen LogP contribution in [0, 0.1) is 10.1 Å². The van der Waals surface area contributed by atoms with Gasteiger partial charge in [-0.2, -0.15) is 5.10 Å². The molecule has 0 spiro atoms. The molecule has 1 aliphatic heterocycles. The Kier molecular flexibility index (Phi) is 6.00. The molecule has 8 nitrogen and oxygen atoms in total. The molecule has 0 unspecified atom stereocenters. The molecule has 9 heteroatoms. The van der Waals surface area contributed by atoms with E-state index in [9.17, 15) is 19.7 Å². The van der Waals surface area contributed by atoms with Gasteiger partial charge >= 0.3 is 0 Å². The number of rotatable bonds is 6. The van der Waals surface area contributed by atoms with Crippen molar-refractivity contribution in [3.05, 3.63) is 74.8 Å². The SMILES string of the molecule is O=C(CN1C[C@H](c2ccccc2)CC1=O)N/N=C\c1cc([N+](=O)[O-])ccc1Cl. The van der Waals surface area contributed by atoms with E-state index < -0.39 is 10.8 Å². The molecule has 1 heterocycles. The van der Waals surface area contributed by atoms with Gasteiger partial charge in [0.15, 0.2) is 0 Å². The molecular formula is C19H17ClN4O4. The highest BCUT2D eigenvalue weighted by molar-refractivity contribution is 6.33. The first-order valence-corrected chi connectivity index (χ1v) is 8.90. The summed E-state index contributed by atoms with van der Waals surface area (Å²) in [6, 6.07) is 13.6. The van der Waals surface area contributed by atoms with E-state index in [1.165, 1.54) is 29.3 Å². The molecule has 0 bridgehead atoms. The topological polar surface area (TPSA) is 105 Å². The Bertz CT molecular complexity index is 933. The standard InChI is InChI=1S/C19H17ClN4O4/c20-17-7-6-16(24(27)28)8-14(17)10-21-22-18(25)12-23-11-15(9-19(23)26)13-4-2-1-3-5-13/h1-8,10,15H,9,11-12H2,(H,22,25)/b21-10-/t15-/m1/s1. The summed E-state index contributed by atoms with van der Waals surface area (Å²) in [5.41, 5.74) is 3.55. The Hall–Kier alpha value is -3.26. The summed E-state index contributed by atoms with van der Waals surface area (Å²) in [4.78, 5) is 36.0. The molecule has 3 rings (SSSR count). The number of likely N-dealkylation sites (tertiary alicyclic amines) is 1. The van der Waals surface area contributed by atoms with E-state index in [0.717, 1.165) is 5.56 Å². The number of non-ortho nitro benzene ring substituents is 1. The Morgan fingerprint density at radius 3 is 2.79 bits per heavy atom. The first-order chi connectivity index (χ1) is 13.4. The van der Waals surface area contributed by atoms with Crippen LogP contribution < -0.4 is 5.43 Å². The number of nitrogens with one attached hydrogen (secondary N) is 1. The van der Waals surface area contributed by atoms with Crippen molar-refractivity contribution in [1.29, 1.82) is 0 Å². The summed E-state index contributed by atoms with van der Waals surface area (Å²) >= 11 is 5.97. The average Bonchev–Trinajstić information content (AvgIpc) is 3.04. The van der Waals surface area contributed by atoms with Crippen molar-refractivity contribution in [3.8, 4) is 0 Å². The number of carbonyl (C=O) groups excluding carboxylic acids is 2. The van der Waals surface area contributed by atoms with Crippen LogP contribution in [0.3, 0.4) is 0 Å². The normalized spacial score (nSPS) is 16.5. The van der Waals surface area contributed by atoms with Crippen LogP contribution in [0.1, 0.15) is 23.5 Å². The van der Waals surface area contributed by atoms with Gasteiger partial charge in [0.25, 0.3) is 11.6 Å². The second-order valence-electron chi connectivity index (χ2n) is 6.34. The van der Waals surface area contributed by atoms with E-state index in [1.54, 1.807) is 0 Å². The molecule has 1 atom stereocenters. The molecule has 2 amide bonds. The highest BCUT2D eigenvalue weighted by Crippen LogP contribution is 2.27. The van der Waals surface area contributed by atoms with Gasteiger partial charge in [0.1, 0.15) is 6.54 Å². The minimum absolute atomic E-state index is 0.0636. The van der Waals surface area contributed by atoms with Crippen molar-refractivity contribution < 1.29 is 14.5 Å². The predicted octanol–water partition coefficient (Wildman–Crippen LogP) is 2.71. The van der Waals surface area contributed by atoms with Crippen molar-refractivity contribution in [1.82, 2.24) is 10.3 Å². The van der Waals surface area contributed by atoms with Gasteiger partial charge in [-0.05, 0) is 11.6 Å². The fraction of sp³-hybridized carbons (Fsp3) is 0.211. The Morgan fingerprint density at radius 1 is 1.32 bits per heavy atom. The lowest BCUT2D eigenvalue weighted by atomic mass is 9.99. The minimum atomic E-state index is -0.547. The maximum Gasteiger partial charge on any atom is 0.270 e. The fourth-order valence-electron chi connectivity index (χ4n) is 3.00. The molecule has 0 saturated carbocycles. The smallest absolute Gasteiger partial charge is 0.270 e. The number of carbonyl (C=O) groups is 2. The molecule has 1 fully saturated rings. The minimum Gasteiger partial charge on any atom is -0.333 e. The molecule has 0 aliphatic carbocycles. The second-order valence-corrected chi connectivity index (χ2v) is 6.75. The van der Waals surface area contributed by atoms with Gasteiger partial charge < -0.3 is 4.90 Å². The largest absolute Gasteiger partial charge is 0.333 e. The zero-order chi connectivity index (χ0) is 20.1. The van der Waals surface area contributed by atoms with E-state index in [2.05, 4.69) is 10.5 Å². The van der Waals surface area contributed by atoms with E-state index in [1.807, 2.05) is 30.3 Å². The molecular weight excluding hydrogens is 384 g/mol. The van der Waals surface area contributed by atoms with Gasteiger partial charge in [0.2, 0.25) is 5.91 Å². The van der Waals surface area contributed by atoms with E-state index in [4.69, 9.17) is 11.6 Å². The lowest BCUT2D eigenvalue weighted by molar-refractivity contribution is -0.384. The Morgan fingerprint density at radius 2 is 2.07 bits per heavy atom. The molecule has 1 aliphatic rings. The number of amides is 2. The maximum absolute atomic E-state index is 12.2. The lowest BCUT2D eigenvalue weighted by Gasteiger charge is -2.15. The first kappa shape index (κ1) is 19.5. The van der Waals surface area contributed by atoms with Crippen molar-refractivity contribution in [3.63, 3.8) is 0 Å². The molecule has 2 aromatic carbocycles. The number of nitro groups is 1. The van der Waals surface area contributed by atoms with E-state index in [0.29, 0.717) is 18.5 Å². The number of benzene rings is 2. The van der Waals surface area contributed by atoms with Crippen molar-refractivity contribution in [2.24, 2.45) is 5.10 Å². The number of hydrogen-bond donors (Lipinski definition) is 1. The van der Waals surface area contributed by atoms with Crippen LogP contribution in [0.5, 0.6) is 0 Å². The molecule has 1 N–H and O–H groups in total. The molecule has 0 radical (unpaired) electrons. The molecule has 0 aromatic heterocycles. The summed E-state index contributed by atoms with van der Waals surface area (Å²) in [6.07, 6.45) is 1.59. The van der Waals surface area contributed by atoms with Gasteiger partial charge in [0.05, 0.1) is 11.1 Å². The Labute approximate surface area is 165 Å². The van der Waals surface area contributed by atoms with Crippen LogP contribution in [-0.2, 0) is 9.59 Å². The molecule has 144 valence electrons. The average molecular weight is 401 g/mol. The third-order valence-corrected chi connectivity index (χ3v) is 4.75. The Balaban J connectivity index is 1.56. The zero-order valence-electron chi connectivity index (χ0n) is 14.7. The number of hydrazone groups is 1. The van der Waals surface area contributed by atoms with Crippen LogP contribution >= 0.6 is 11.6 Å². The second kappa shape index (κ2) is 8.62. The van der Waals surface area contributed by atoms with Crippen LogP contribution in [0.4, 0.5) is 5.69 Å². The number of nitro benzene ring substituents is 1. The first-order valence-electron chi connectivity index (χ1n) is 8.52. The van der Waals surface area contributed by atoms with Crippen molar-refractivity contribution in [2.45, 2.75) is 12.3 Å². The summed E-state index contributed by atoms with van der Waals surface area (Å²) in [6.45, 7) is 0.360. The molecule has 28 heavy (non-hydrogen) atoms. The van der Waals surface area contributed by atoms with Crippen LogP contribution in [0.25, 0.3) is 0 Å². The van der Waals surface area contributed by atoms with Gasteiger partial charge in [-0.3, -0.25) is 19.7 Å². The van der Waals surface area contributed by atoms with Crippen molar-refractivity contribution >= 4 is 35.3 Å². The summed E-state index contributed by atoms with van der Waals surface area (Å²) in [5, 5.41) is 14.9. The zero-order valence-corrected chi connectivity index (χ0v) is 15.5. The number of halogens is 1. The fourth-order valence-corrected chi connectivity index (χ4v) is 3.17. The quantitative estimate of drug-likeness (QED) is 0.457. The van der Waals surface area contributed by atoms with Crippen LogP contribution in [-0.4, -0.2) is 40.9 Å². The molecule has 1 saturated heterocycles. The highest BCUT2D eigenvalue weighted by Gasteiger charge is 2.31. The monoisotopic (exact) mass is 400 g/mol. The van der Waals surface area contributed by atoms with Gasteiger partial charge in [-0.1, -0.05) is 41.9 Å². The van der Waals surface area contributed by atoms with Crippen LogP contribution in [0.2, 0.25) is 5.02 Å². The number of hydrogen-bond acceptors (Lipinski definition) is 5. The summed E-state index contributed by atoms with van der Waals surface area (Å²) in [7, 11) is 0. The van der Waals surface area contributed by atoms with Gasteiger partial charge in [0, 0.05) is 41.6 Å². The van der Waals surface area contributed by atoms with Crippen LogP contribution in [0.15, 0.2) is 53.6 Å². The maximum atomic E-state index is 12.2. The predicted molar refractivity (Wildman–Crippen MR) is 104 cm³/mol. The van der Waals surface area contributed by atoms with Gasteiger partial charge in [-0.25, -0.2) is 5.43 Å². The highest BCUT2D eigenvalue weighted by atomic mass is 35.5. The van der Waals surface area contributed by atoms with E-state index >= 15 is 0 Å².